The minimum Gasteiger partial charge on any atom is -0.361 e. The van der Waals surface area contributed by atoms with Gasteiger partial charge in [0.2, 0.25) is 11.8 Å². The fourth-order valence-electron chi connectivity index (χ4n) is 3.08. The van der Waals surface area contributed by atoms with Crippen molar-refractivity contribution >= 4 is 28.4 Å². The molecule has 2 amide bonds. The molecule has 26 heavy (non-hydrogen) atoms. The average Bonchev–Trinajstić information content (AvgIpc) is 3.06. The van der Waals surface area contributed by atoms with E-state index in [4.69, 9.17) is 0 Å². The molecule has 0 saturated carbocycles. The number of nitrogens with one attached hydrogen (secondary N) is 2. The molecule has 1 aromatic heterocycles. The van der Waals surface area contributed by atoms with Gasteiger partial charge in [0.1, 0.15) is 6.42 Å². The van der Waals surface area contributed by atoms with Gasteiger partial charge in [-0.1, -0.05) is 36.4 Å². The summed E-state index contributed by atoms with van der Waals surface area (Å²) in [5.41, 5.74) is 3.06. The van der Waals surface area contributed by atoms with Crippen LogP contribution in [0.1, 0.15) is 18.9 Å². The van der Waals surface area contributed by atoms with Crippen LogP contribution in [0.5, 0.6) is 0 Å². The summed E-state index contributed by atoms with van der Waals surface area (Å²) in [7, 11) is 0. The molecule has 5 nitrogen and oxygen atoms in total. The summed E-state index contributed by atoms with van der Waals surface area (Å²) in [6.45, 7) is 2.94. The van der Waals surface area contributed by atoms with Crippen LogP contribution in [0.3, 0.4) is 0 Å². The summed E-state index contributed by atoms with van der Waals surface area (Å²) in [4.78, 5) is 29.4. The topological polar surface area (TPSA) is 65.2 Å². The van der Waals surface area contributed by atoms with Crippen LogP contribution < -0.4 is 10.2 Å². The number of aromatic amines is 1. The summed E-state index contributed by atoms with van der Waals surface area (Å²) in [6, 6.07) is 17.5. The number of amides is 2. The Morgan fingerprint density at radius 1 is 1.04 bits per heavy atom. The zero-order valence-corrected chi connectivity index (χ0v) is 14.9. The Kier molecular flexibility index (Phi) is 5.69. The molecule has 0 atom stereocenters. The molecular weight excluding hydrogens is 326 g/mol. The van der Waals surface area contributed by atoms with Gasteiger partial charge in [-0.25, -0.2) is 0 Å². The van der Waals surface area contributed by atoms with Gasteiger partial charge in [0.15, 0.2) is 0 Å². The standard InChI is InChI=1S/C21H23N3O2/c1-2-24(17-8-4-3-5-9-17)21(26)14-20(25)22-13-12-16-15-23-19-11-7-6-10-18(16)19/h3-11,15,23H,2,12-14H2,1H3,(H,22,25). The van der Waals surface area contributed by atoms with E-state index in [1.54, 1.807) is 4.90 Å². The molecule has 0 bridgehead atoms. The predicted molar refractivity (Wildman–Crippen MR) is 104 cm³/mol. The van der Waals surface area contributed by atoms with Crippen LogP contribution in [0, 0.1) is 0 Å². The number of hydrogen-bond acceptors (Lipinski definition) is 2. The minimum absolute atomic E-state index is 0.142. The Balaban J connectivity index is 1.51. The third kappa shape index (κ3) is 4.11. The lowest BCUT2D eigenvalue weighted by atomic mass is 10.1. The molecular formula is C21H23N3O2. The van der Waals surface area contributed by atoms with Gasteiger partial charge in [-0.05, 0) is 37.1 Å². The monoisotopic (exact) mass is 349 g/mol. The zero-order chi connectivity index (χ0) is 18.4. The van der Waals surface area contributed by atoms with Crippen molar-refractivity contribution in [2.45, 2.75) is 19.8 Å². The fraction of sp³-hybridized carbons (Fsp3) is 0.238. The first kappa shape index (κ1) is 17.7. The van der Waals surface area contributed by atoms with Crippen LogP contribution in [-0.2, 0) is 16.0 Å². The molecule has 0 saturated heterocycles. The van der Waals surface area contributed by atoms with Crippen LogP contribution in [0.15, 0.2) is 60.8 Å². The summed E-state index contributed by atoms with van der Waals surface area (Å²) in [6.07, 6.45) is 2.55. The van der Waals surface area contributed by atoms with E-state index in [1.165, 1.54) is 5.39 Å². The number of H-pyrrole nitrogens is 1. The van der Waals surface area contributed by atoms with Crippen LogP contribution >= 0.6 is 0 Å². The van der Waals surface area contributed by atoms with Crippen molar-refractivity contribution in [2.75, 3.05) is 18.0 Å². The number of para-hydroxylation sites is 2. The largest absolute Gasteiger partial charge is 0.361 e. The maximum Gasteiger partial charge on any atom is 0.236 e. The van der Waals surface area contributed by atoms with E-state index < -0.39 is 0 Å². The SMILES string of the molecule is CCN(C(=O)CC(=O)NCCc1c[nH]c2ccccc12)c1ccccc1. The van der Waals surface area contributed by atoms with Crippen molar-refractivity contribution in [3.05, 3.63) is 66.4 Å². The Hall–Kier alpha value is -3.08. The van der Waals surface area contributed by atoms with Gasteiger partial charge in [0.25, 0.3) is 0 Å². The normalized spacial score (nSPS) is 10.7. The van der Waals surface area contributed by atoms with Gasteiger partial charge in [0, 0.05) is 35.9 Å². The number of carbonyl (C=O) groups is 2. The molecule has 5 heteroatoms. The van der Waals surface area contributed by atoms with E-state index in [2.05, 4.69) is 16.4 Å². The third-order valence-electron chi connectivity index (χ3n) is 4.39. The van der Waals surface area contributed by atoms with E-state index in [0.29, 0.717) is 13.1 Å². The van der Waals surface area contributed by atoms with E-state index >= 15 is 0 Å². The number of rotatable bonds is 7. The number of nitrogens with zero attached hydrogens (tertiary/aromatic N) is 1. The van der Waals surface area contributed by atoms with Crippen molar-refractivity contribution in [3.63, 3.8) is 0 Å². The smallest absolute Gasteiger partial charge is 0.236 e. The van der Waals surface area contributed by atoms with E-state index in [0.717, 1.165) is 23.2 Å². The number of hydrogen-bond donors (Lipinski definition) is 2. The highest BCUT2D eigenvalue weighted by atomic mass is 16.2. The van der Waals surface area contributed by atoms with E-state index in [9.17, 15) is 9.59 Å². The van der Waals surface area contributed by atoms with Crippen LogP contribution in [0.2, 0.25) is 0 Å². The van der Waals surface area contributed by atoms with Gasteiger partial charge >= 0.3 is 0 Å². The van der Waals surface area contributed by atoms with Crippen molar-refractivity contribution < 1.29 is 9.59 Å². The summed E-state index contributed by atoms with van der Waals surface area (Å²) < 4.78 is 0. The van der Waals surface area contributed by atoms with Gasteiger partial charge in [0.05, 0.1) is 0 Å². The van der Waals surface area contributed by atoms with Gasteiger partial charge < -0.3 is 15.2 Å². The lowest BCUT2D eigenvalue weighted by Gasteiger charge is -2.20. The first-order valence-corrected chi connectivity index (χ1v) is 8.86. The lowest BCUT2D eigenvalue weighted by molar-refractivity contribution is -0.127. The molecule has 0 aliphatic rings. The van der Waals surface area contributed by atoms with Crippen molar-refractivity contribution in [3.8, 4) is 0 Å². The maximum atomic E-state index is 12.4. The second-order valence-corrected chi connectivity index (χ2v) is 6.11. The molecule has 3 rings (SSSR count). The van der Waals surface area contributed by atoms with E-state index in [-0.39, 0.29) is 18.2 Å². The first-order chi connectivity index (χ1) is 12.7. The average molecular weight is 349 g/mol. The number of carbonyl (C=O) groups excluding carboxylic acids is 2. The zero-order valence-electron chi connectivity index (χ0n) is 14.9. The van der Waals surface area contributed by atoms with Gasteiger partial charge in [-0.15, -0.1) is 0 Å². The third-order valence-corrected chi connectivity index (χ3v) is 4.39. The van der Waals surface area contributed by atoms with E-state index in [1.807, 2.05) is 61.7 Å². The predicted octanol–water partition coefficient (Wildman–Crippen LogP) is 3.27. The summed E-state index contributed by atoms with van der Waals surface area (Å²) in [5, 5.41) is 4.01. The Labute approximate surface area is 153 Å². The molecule has 0 spiro atoms. The quantitative estimate of drug-likeness (QED) is 0.643. The molecule has 0 radical (unpaired) electrons. The Morgan fingerprint density at radius 3 is 2.54 bits per heavy atom. The summed E-state index contributed by atoms with van der Waals surface area (Å²) >= 11 is 0. The Morgan fingerprint density at radius 2 is 1.77 bits per heavy atom. The van der Waals surface area contributed by atoms with Crippen molar-refractivity contribution in [1.82, 2.24) is 10.3 Å². The first-order valence-electron chi connectivity index (χ1n) is 8.86. The number of anilines is 1. The van der Waals surface area contributed by atoms with Crippen molar-refractivity contribution in [1.29, 1.82) is 0 Å². The second-order valence-electron chi connectivity index (χ2n) is 6.11. The van der Waals surface area contributed by atoms with Crippen molar-refractivity contribution in [2.24, 2.45) is 0 Å². The van der Waals surface area contributed by atoms with Crippen LogP contribution in [-0.4, -0.2) is 29.9 Å². The molecule has 3 aromatic rings. The van der Waals surface area contributed by atoms with Gasteiger partial charge in [-0.2, -0.15) is 0 Å². The Bertz CT molecular complexity index is 886. The minimum atomic E-state index is -0.246. The van der Waals surface area contributed by atoms with Gasteiger partial charge in [-0.3, -0.25) is 9.59 Å². The number of aromatic nitrogens is 1. The highest BCUT2D eigenvalue weighted by molar-refractivity contribution is 6.04. The molecule has 134 valence electrons. The fourth-order valence-corrected chi connectivity index (χ4v) is 3.08. The van der Waals surface area contributed by atoms with Crippen LogP contribution in [0.4, 0.5) is 5.69 Å². The van der Waals surface area contributed by atoms with Crippen LogP contribution in [0.25, 0.3) is 10.9 Å². The lowest BCUT2D eigenvalue weighted by Crippen LogP contribution is -2.36. The highest BCUT2D eigenvalue weighted by Gasteiger charge is 2.17. The molecule has 0 aliphatic heterocycles. The number of fused-ring (bicyclic) bond motifs is 1. The maximum absolute atomic E-state index is 12.4. The molecule has 2 aromatic carbocycles. The summed E-state index contributed by atoms with van der Waals surface area (Å²) in [5.74, 6) is -0.437. The molecule has 1 heterocycles. The number of benzene rings is 2. The molecule has 0 fully saturated rings. The highest BCUT2D eigenvalue weighted by Crippen LogP contribution is 2.18. The molecule has 0 aliphatic carbocycles. The second kappa shape index (κ2) is 8.34. The molecule has 2 N–H and O–H groups in total. The molecule has 0 unspecified atom stereocenters.